The molecule has 1 atom stereocenters. The Kier molecular flexibility index (Phi) is 9.96. The summed E-state index contributed by atoms with van der Waals surface area (Å²) in [7, 11) is 5.92. The molecule has 242 valence electrons. The monoisotopic (exact) mass is 657 g/mol. The van der Waals surface area contributed by atoms with Crippen LogP contribution in [-0.4, -0.2) is 63.4 Å². The third kappa shape index (κ3) is 6.85. The number of benzene rings is 4. The first-order valence-corrected chi connectivity index (χ1v) is 14.8. The number of ketones is 1. The molecular formula is C35H32ClN3O8. The van der Waals surface area contributed by atoms with Crippen LogP contribution in [0.15, 0.2) is 84.9 Å². The molecule has 3 amide bonds. The van der Waals surface area contributed by atoms with E-state index in [1.807, 2.05) is 0 Å². The lowest BCUT2D eigenvalue weighted by Crippen LogP contribution is -2.46. The number of para-hydroxylation sites is 1. The van der Waals surface area contributed by atoms with Gasteiger partial charge in [0.15, 0.2) is 11.5 Å². The highest BCUT2D eigenvalue weighted by Gasteiger charge is 2.39. The van der Waals surface area contributed by atoms with Gasteiger partial charge in [0.2, 0.25) is 5.91 Å². The molecule has 0 bridgehead atoms. The van der Waals surface area contributed by atoms with E-state index < -0.39 is 36.1 Å². The van der Waals surface area contributed by atoms with Crippen LogP contribution < -0.4 is 29.2 Å². The summed E-state index contributed by atoms with van der Waals surface area (Å²) in [6.07, 6.45) is 0. The van der Waals surface area contributed by atoms with Gasteiger partial charge < -0.3 is 29.2 Å². The lowest BCUT2D eigenvalue weighted by Gasteiger charge is -2.33. The fourth-order valence-corrected chi connectivity index (χ4v) is 5.47. The molecule has 0 fully saturated rings. The van der Waals surface area contributed by atoms with E-state index in [1.54, 1.807) is 78.9 Å². The number of nitrogens with zero attached hydrogens (tertiary/aromatic N) is 2. The number of halogens is 1. The average molecular weight is 658 g/mol. The fraction of sp³-hybridized carbons (Fsp3) is 0.200. The Balaban J connectivity index is 1.61. The van der Waals surface area contributed by atoms with Crippen molar-refractivity contribution in [2.75, 3.05) is 45.2 Å². The molecule has 12 heteroatoms. The molecule has 0 saturated carbocycles. The van der Waals surface area contributed by atoms with Crippen LogP contribution >= 0.6 is 11.6 Å². The van der Waals surface area contributed by atoms with E-state index in [9.17, 15) is 19.2 Å². The Morgan fingerprint density at radius 2 is 1.51 bits per heavy atom. The number of carbonyl (C=O) groups is 4. The van der Waals surface area contributed by atoms with E-state index in [4.69, 9.17) is 30.5 Å². The summed E-state index contributed by atoms with van der Waals surface area (Å²) in [4.78, 5) is 57.1. The molecule has 11 nitrogen and oxygen atoms in total. The summed E-state index contributed by atoms with van der Waals surface area (Å²) >= 11 is 6.15. The van der Waals surface area contributed by atoms with Crippen LogP contribution in [0.25, 0.3) is 0 Å². The van der Waals surface area contributed by atoms with Crippen LogP contribution in [0.1, 0.15) is 27.5 Å². The number of nitrogens with one attached hydrogen (secondary N) is 1. The van der Waals surface area contributed by atoms with Crippen molar-refractivity contribution in [3.05, 3.63) is 107 Å². The minimum absolute atomic E-state index is 0.0557. The smallest absolute Gasteiger partial charge is 0.299 e. The Morgan fingerprint density at radius 1 is 0.809 bits per heavy atom. The molecule has 0 radical (unpaired) electrons. The number of amides is 3. The summed E-state index contributed by atoms with van der Waals surface area (Å²) in [6.45, 7) is -0.558. The van der Waals surface area contributed by atoms with Crippen molar-refractivity contribution >= 4 is 46.5 Å². The first kappa shape index (κ1) is 32.8. The van der Waals surface area contributed by atoms with Crippen LogP contribution in [0.5, 0.6) is 23.0 Å². The van der Waals surface area contributed by atoms with E-state index in [-0.39, 0.29) is 12.1 Å². The van der Waals surface area contributed by atoms with Gasteiger partial charge >= 0.3 is 0 Å². The van der Waals surface area contributed by atoms with Crippen molar-refractivity contribution in [1.29, 1.82) is 0 Å². The molecule has 1 unspecified atom stereocenters. The average Bonchev–Trinajstić information content (AvgIpc) is 3.33. The van der Waals surface area contributed by atoms with Crippen LogP contribution in [0.2, 0.25) is 5.02 Å². The largest absolute Gasteiger partial charge is 0.497 e. The lowest BCUT2D eigenvalue weighted by molar-refractivity contribution is -0.139. The molecule has 1 heterocycles. The first-order chi connectivity index (χ1) is 22.7. The summed E-state index contributed by atoms with van der Waals surface area (Å²) in [5, 5.41) is 3.38. The maximum absolute atomic E-state index is 14.4. The second-order valence-electron chi connectivity index (χ2n) is 10.5. The number of rotatable bonds is 12. The highest BCUT2D eigenvalue weighted by molar-refractivity contribution is 6.52. The van der Waals surface area contributed by atoms with E-state index >= 15 is 0 Å². The third-order valence-corrected chi connectivity index (χ3v) is 7.96. The maximum Gasteiger partial charge on any atom is 0.299 e. The zero-order valence-electron chi connectivity index (χ0n) is 26.1. The van der Waals surface area contributed by atoms with Crippen LogP contribution in [0.3, 0.4) is 0 Å². The van der Waals surface area contributed by atoms with Gasteiger partial charge in [-0.15, -0.1) is 0 Å². The van der Waals surface area contributed by atoms with Crippen molar-refractivity contribution < 1.29 is 38.1 Å². The fourth-order valence-electron chi connectivity index (χ4n) is 5.34. The molecule has 5 rings (SSSR count). The van der Waals surface area contributed by atoms with Crippen molar-refractivity contribution in [1.82, 2.24) is 4.90 Å². The molecule has 0 aliphatic carbocycles. The molecule has 1 aliphatic heterocycles. The van der Waals surface area contributed by atoms with Gasteiger partial charge in [-0.1, -0.05) is 41.9 Å². The Labute approximate surface area is 276 Å². The molecule has 0 saturated heterocycles. The van der Waals surface area contributed by atoms with Crippen LogP contribution in [0, 0.1) is 0 Å². The zero-order valence-corrected chi connectivity index (χ0v) is 26.9. The Bertz CT molecular complexity index is 1830. The van der Waals surface area contributed by atoms with Crippen LogP contribution in [0.4, 0.5) is 11.4 Å². The number of anilines is 2. The van der Waals surface area contributed by atoms with E-state index in [0.29, 0.717) is 50.5 Å². The molecule has 0 spiro atoms. The molecule has 47 heavy (non-hydrogen) atoms. The van der Waals surface area contributed by atoms with Gasteiger partial charge in [-0.05, 0) is 59.7 Å². The molecule has 0 aromatic heterocycles. The summed E-state index contributed by atoms with van der Waals surface area (Å²) in [6, 6.07) is 21.8. The molecule has 4 aromatic carbocycles. The molecule has 1 N–H and O–H groups in total. The van der Waals surface area contributed by atoms with Gasteiger partial charge in [0, 0.05) is 17.6 Å². The SMILES string of the molecule is COc1ccc(NC(=O)C(c2ccc(OC)c(OC)c2)N(Cc2ccc(Cl)cc2)C(=O)CN2C(=O)C(=O)c3ccccc32)c(OC)c1. The maximum atomic E-state index is 14.4. The summed E-state index contributed by atoms with van der Waals surface area (Å²) in [5.41, 5.74) is 1.90. The second-order valence-corrected chi connectivity index (χ2v) is 10.9. The predicted molar refractivity (Wildman–Crippen MR) is 176 cm³/mol. The highest BCUT2D eigenvalue weighted by atomic mass is 35.5. The topological polar surface area (TPSA) is 124 Å². The number of carbonyl (C=O) groups excluding carboxylic acids is 4. The van der Waals surface area contributed by atoms with Gasteiger partial charge in [-0.25, -0.2) is 0 Å². The number of fused-ring (bicyclic) bond motifs is 1. The molecule has 4 aromatic rings. The highest BCUT2D eigenvalue weighted by Crippen LogP contribution is 2.36. The Morgan fingerprint density at radius 3 is 2.19 bits per heavy atom. The van der Waals surface area contributed by atoms with Gasteiger partial charge in [-0.2, -0.15) is 0 Å². The molecule has 1 aliphatic rings. The first-order valence-electron chi connectivity index (χ1n) is 14.4. The van der Waals surface area contributed by atoms with Crippen LogP contribution in [-0.2, 0) is 20.9 Å². The third-order valence-electron chi connectivity index (χ3n) is 7.71. The molecular weight excluding hydrogens is 626 g/mol. The number of hydrogen-bond acceptors (Lipinski definition) is 8. The quantitative estimate of drug-likeness (QED) is 0.203. The second kappa shape index (κ2) is 14.3. The van der Waals surface area contributed by atoms with Crippen molar-refractivity contribution in [3.8, 4) is 23.0 Å². The van der Waals surface area contributed by atoms with Gasteiger partial charge in [0.25, 0.3) is 17.6 Å². The minimum Gasteiger partial charge on any atom is -0.497 e. The normalized spacial score (nSPS) is 12.7. The predicted octanol–water partition coefficient (Wildman–Crippen LogP) is 5.31. The number of hydrogen-bond donors (Lipinski definition) is 1. The van der Waals surface area contributed by atoms with E-state index in [1.165, 1.54) is 39.4 Å². The van der Waals surface area contributed by atoms with Crippen molar-refractivity contribution in [3.63, 3.8) is 0 Å². The van der Waals surface area contributed by atoms with Crippen molar-refractivity contribution in [2.24, 2.45) is 0 Å². The Hall–Kier alpha value is -5.55. The van der Waals surface area contributed by atoms with Gasteiger partial charge in [0.1, 0.15) is 24.1 Å². The summed E-state index contributed by atoms with van der Waals surface area (Å²) < 4.78 is 21.7. The standard InChI is InChI=1S/C35H32ClN3O8/c1-44-24-14-15-26(29(18-24)46-3)37-34(42)32(22-11-16-28(45-2)30(17-22)47-4)39(19-21-9-12-23(36)13-10-21)31(40)20-38-27-8-6-5-7-25(27)33(41)35(38)43/h5-18,32H,19-20H2,1-4H3,(H,37,42). The number of ether oxygens (including phenoxy) is 4. The minimum atomic E-state index is -1.27. The van der Waals surface area contributed by atoms with E-state index in [0.717, 1.165) is 4.90 Å². The number of Topliss-reactive ketones (excluding diaryl/α,β-unsaturated/α-hetero) is 1. The van der Waals surface area contributed by atoms with E-state index in [2.05, 4.69) is 5.32 Å². The number of methoxy groups -OCH3 is 4. The van der Waals surface area contributed by atoms with Gasteiger partial charge in [-0.3, -0.25) is 24.1 Å². The zero-order chi connectivity index (χ0) is 33.7. The summed E-state index contributed by atoms with van der Waals surface area (Å²) in [5.74, 6) is -1.14. The van der Waals surface area contributed by atoms with Crippen molar-refractivity contribution in [2.45, 2.75) is 12.6 Å². The van der Waals surface area contributed by atoms with Gasteiger partial charge in [0.05, 0.1) is 45.4 Å². The lowest BCUT2D eigenvalue weighted by atomic mass is 10.0.